The van der Waals surface area contributed by atoms with Gasteiger partial charge in [0.2, 0.25) is 0 Å². The summed E-state index contributed by atoms with van der Waals surface area (Å²) in [4.78, 5) is 4.76. The summed E-state index contributed by atoms with van der Waals surface area (Å²) in [7, 11) is 1.89. The molecule has 2 saturated heterocycles. The second kappa shape index (κ2) is 6.42. The van der Waals surface area contributed by atoms with Gasteiger partial charge in [-0.3, -0.25) is 5.61 Å². The molecule has 2 aliphatic heterocycles. The van der Waals surface area contributed by atoms with Crippen LogP contribution in [0.4, 0.5) is 0 Å². The molecule has 5 heteroatoms. The van der Waals surface area contributed by atoms with E-state index in [1.807, 2.05) is 31.7 Å². The summed E-state index contributed by atoms with van der Waals surface area (Å²) < 4.78 is 0. The van der Waals surface area contributed by atoms with Crippen LogP contribution in [-0.4, -0.2) is 55.0 Å². The van der Waals surface area contributed by atoms with E-state index < -0.39 is 0 Å². The van der Waals surface area contributed by atoms with Gasteiger partial charge >= 0.3 is 0 Å². The standard InChI is InChI=1S/C13H15BN3.Y/c15-13(11-4-2-1-3-5-11)14-17-9-8-16-7-6-12(17)10-16;/h1-4,12H,6-10H2;/q-2;. The quantitative estimate of drug-likeness (QED) is 0.469. The maximum absolute atomic E-state index is 10.1. The first kappa shape index (κ1) is 14.4. The van der Waals surface area contributed by atoms with E-state index in [4.69, 9.17) is 0 Å². The average Bonchev–Trinajstić information content (AvgIpc) is 2.77. The number of hydrogen-bond donors (Lipinski definition) is 0. The van der Waals surface area contributed by atoms with Crippen molar-refractivity contribution in [2.75, 3.05) is 26.2 Å². The smallest absolute Gasteiger partial charge is 0.155 e. The minimum atomic E-state index is 0. The van der Waals surface area contributed by atoms with Gasteiger partial charge in [0.15, 0.2) is 7.41 Å². The molecule has 3 nitrogen and oxygen atoms in total. The Balaban J connectivity index is 0.00000120. The van der Waals surface area contributed by atoms with Gasteiger partial charge in [0.05, 0.1) is 0 Å². The first-order valence-electron chi connectivity index (χ1n) is 6.19. The molecule has 2 aliphatic rings. The predicted molar refractivity (Wildman–Crippen MR) is 70.1 cm³/mol. The molecule has 2 unspecified atom stereocenters. The molecule has 90 valence electrons. The van der Waals surface area contributed by atoms with E-state index in [1.165, 1.54) is 13.0 Å². The Morgan fingerprint density at radius 1 is 1.33 bits per heavy atom. The topological polar surface area (TPSA) is 28.8 Å². The third kappa shape index (κ3) is 3.11. The number of rotatable bonds is 3. The zero-order valence-corrected chi connectivity index (χ0v) is 13.3. The van der Waals surface area contributed by atoms with E-state index in [1.54, 1.807) is 0 Å². The first-order chi connectivity index (χ1) is 8.33. The fourth-order valence-electron chi connectivity index (χ4n) is 2.67. The summed E-state index contributed by atoms with van der Waals surface area (Å²) in [6, 6.07) is 11.2. The van der Waals surface area contributed by atoms with Crippen LogP contribution in [0.15, 0.2) is 24.3 Å². The molecular formula is C13H15BN3Y-2. The number of hydrogen-bond acceptors (Lipinski definition) is 2. The molecular weight excluding hydrogens is 298 g/mol. The SMILES string of the molecule is [N-]=C([B]N1CCN2CCC1C2)c1[c-]cccc1.[Y]. The number of nitrogens with zero attached hydrogens (tertiary/aromatic N) is 3. The molecule has 18 heavy (non-hydrogen) atoms. The first-order valence-corrected chi connectivity index (χ1v) is 6.19. The van der Waals surface area contributed by atoms with Gasteiger partial charge in [0.1, 0.15) is 0 Å². The number of benzene rings is 1. The molecule has 0 amide bonds. The van der Waals surface area contributed by atoms with Gasteiger partial charge in [-0.15, -0.1) is 30.3 Å². The fourth-order valence-corrected chi connectivity index (χ4v) is 2.67. The summed E-state index contributed by atoms with van der Waals surface area (Å²) in [6.07, 6.45) is 1.21. The van der Waals surface area contributed by atoms with Crippen molar-refractivity contribution in [3.8, 4) is 0 Å². The van der Waals surface area contributed by atoms with E-state index in [-0.39, 0.29) is 32.7 Å². The van der Waals surface area contributed by atoms with Crippen molar-refractivity contribution in [3.63, 3.8) is 0 Å². The molecule has 2 heterocycles. The third-order valence-electron chi connectivity index (χ3n) is 3.66. The second-order valence-corrected chi connectivity index (χ2v) is 4.77. The van der Waals surface area contributed by atoms with Crippen LogP contribution >= 0.6 is 0 Å². The minimum Gasteiger partial charge on any atom is -0.864 e. The zero-order valence-electron chi connectivity index (χ0n) is 10.4. The Hall–Kier alpha value is -0.0212. The van der Waals surface area contributed by atoms with Crippen LogP contribution in [0, 0.1) is 6.07 Å². The molecule has 2 atom stereocenters. The minimum absolute atomic E-state index is 0. The number of fused-ring (bicyclic) bond motifs is 2. The summed E-state index contributed by atoms with van der Waals surface area (Å²) >= 11 is 0. The van der Waals surface area contributed by atoms with Crippen LogP contribution in [0.3, 0.4) is 0 Å². The number of piperazine rings is 1. The van der Waals surface area contributed by atoms with Gasteiger partial charge < -0.3 is 15.1 Å². The molecule has 0 aliphatic carbocycles. The molecule has 0 spiro atoms. The Labute approximate surface area is 135 Å². The van der Waals surface area contributed by atoms with Crippen molar-refractivity contribution in [2.24, 2.45) is 0 Å². The Morgan fingerprint density at radius 2 is 2.22 bits per heavy atom. The molecule has 1 aromatic rings. The van der Waals surface area contributed by atoms with E-state index in [0.717, 1.165) is 25.2 Å². The second-order valence-electron chi connectivity index (χ2n) is 4.77. The summed E-state index contributed by atoms with van der Waals surface area (Å²) in [5.41, 5.74) is 1.10. The summed E-state index contributed by atoms with van der Waals surface area (Å²) in [5.74, 6) is 0. The molecule has 2 radical (unpaired) electrons. The van der Waals surface area contributed by atoms with Crippen LogP contribution in [0.1, 0.15) is 12.0 Å². The molecule has 3 rings (SSSR count). The Bertz CT molecular complexity index is 412. The van der Waals surface area contributed by atoms with E-state index in [0.29, 0.717) is 11.7 Å². The largest absolute Gasteiger partial charge is 0.864 e. The summed E-state index contributed by atoms with van der Waals surface area (Å²) in [6.45, 7) is 4.47. The van der Waals surface area contributed by atoms with Crippen LogP contribution in [-0.2, 0) is 32.7 Å². The van der Waals surface area contributed by atoms with Gasteiger partial charge in [-0.25, -0.2) is 0 Å². The van der Waals surface area contributed by atoms with E-state index in [9.17, 15) is 5.41 Å². The van der Waals surface area contributed by atoms with E-state index in [2.05, 4.69) is 15.8 Å². The maximum atomic E-state index is 10.1. The van der Waals surface area contributed by atoms with Crippen LogP contribution in [0.5, 0.6) is 0 Å². The van der Waals surface area contributed by atoms with Crippen molar-refractivity contribution in [2.45, 2.75) is 12.5 Å². The van der Waals surface area contributed by atoms with E-state index >= 15 is 0 Å². The molecule has 2 fully saturated rings. The molecule has 1 aromatic carbocycles. The van der Waals surface area contributed by atoms with Gasteiger partial charge in [-0.1, -0.05) is 0 Å². The zero-order chi connectivity index (χ0) is 11.7. The maximum Gasteiger partial charge on any atom is 0.155 e. The molecule has 2 bridgehead atoms. The van der Waals surface area contributed by atoms with Gasteiger partial charge in [-0.2, -0.15) is 5.56 Å². The average molecular weight is 313 g/mol. The van der Waals surface area contributed by atoms with Crippen molar-refractivity contribution in [3.05, 3.63) is 41.3 Å². The molecule has 0 N–H and O–H groups in total. The molecule has 0 saturated carbocycles. The molecule has 0 aromatic heterocycles. The normalized spacial score (nSPS) is 26.4. The Morgan fingerprint density at radius 3 is 3.00 bits per heavy atom. The summed E-state index contributed by atoms with van der Waals surface area (Å²) in [5, 5.41) is 10.1. The fraction of sp³-hybridized carbons (Fsp3) is 0.462. The monoisotopic (exact) mass is 313 g/mol. The van der Waals surface area contributed by atoms with Crippen LogP contribution in [0.25, 0.3) is 5.41 Å². The van der Waals surface area contributed by atoms with Crippen LogP contribution < -0.4 is 0 Å². The Kier molecular flexibility index (Phi) is 5.13. The van der Waals surface area contributed by atoms with Crippen molar-refractivity contribution >= 4 is 13.0 Å². The van der Waals surface area contributed by atoms with Gasteiger partial charge in [0, 0.05) is 51.8 Å². The third-order valence-corrected chi connectivity index (χ3v) is 3.66. The van der Waals surface area contributed by atoms with Gasteiger partial charge in [0.25, 0.3) is 0 Å². The van der Waals surface area contributed by atoms with Crippen molar-refractivity contribution < 1.29 is 32.7 Å². The van der Waals surface area contributed by atoms with Crippen LogP contribution in [0.2, 0.25) is 0 Å². The van der Waals surface area contributed by atoms with Crippen molar-refractivity contribution in [1.29, 1.82) is 0 Å². The predicted octanol–water partition coefficient (Wildman–Crippen LogP) is 0.809. The van der Waals surface area contributed by atoms with Crippen molar-refractivity contribution in [1.82, 2.24) is 9.71 Å². The van der Waals surface area contributed by atoms with Gasteiger partial charge in [-0.05, 0) is 19.5 Å².